The van der Waals surface area contributed by atoms with Crippen molar-refractivity contribution in [3.05, 3.63) is 23.0 Å². The van der Waals surface area contributed by atoms with Crippen LogP contribution in [0.2, 0.25) is 5.02 Å². The van der Waals surface area contributed by atoms with Gasteiger partial charge < -0.3 is 9.32 Å². The Morgan fingerprint density at radius 1 is 1.25 bits per heavy atom. The molecule has 2 aliphatic rings. The minimum absolute atomic E-state index is 0.0254. The van der Waals surface area contributed by atoms with Crippen LogP contribution in [0.4, 0.5) is 4.39 Å². The van der Waals surface area contributed by atoms with Crippen LogP contribution in [0.25, 0.3) is 11.1 Å². The second-order valence-corrected chi connectivity index (χ2v) is 11.6. The lowest BCUT2D eigenvalue weighted by atomic mass is 9.90. The first-order chi connectivity index (χ1) is 13.0. The van der Waals surface area contributed by atoms with Gasteiger partial charge >= 0.3 is 0 Å². The van der Waals surface area contributed by atoms with E-state index in [0.29, 0.717) is 30.5 Å². The number of fused-ring (bicyclic) bond motifs is 1. The van der Waals surface area contributed by atoms with E-state index in [1.807, 2.05) is 20.8 Å². The van der Waals surface area contributed by atoms with Crippen molar-refractivity contribution in [2.45, 2.75) is 74.2 Å². The topological polar surface area (TPSA) is 63.4 Å². The van der Waals surface area contributed by atoms with Crippen LogP contribution in [0.1, 0.15) is 58.8 Å². The molecule has 4 rings (SSSR count). The highest BCUT2D eigenvalue weighted by atomic mass is 35.5. The summed E-state index contributed by atoms with van der Waals surface area (Å²) in [6.45, 7) is 6.64. The number of likely N-dealkylation sites (tertiary alicyclic amines) is 1. The predicted octanol–water partition coefficient (Wildman–Crippen LogP) is 4.87. The summed E-state index contributed by atoms with van der Waals surface area (Å²) in [5, 5.41) is -2.37. The Bertz CT molecular complexity index is 1000. The molecule has 0 N–H and O–H groups in total. The first-order valence-corrected chi connectivity index (χ1v) is 11.7. The molecule has 0 unspecified atom stereocenters. The van der Waals surface area contributed by atoms with E-state index < -0.39 is 20.3 Å². The van der Waals surface area contributed by atoms with Crippen LogP contribution < -0.4 is 0 Å². The van der Waals surface area contributed by atoms with Gasteiger partial charge in [-0.15, -0.1) is 0 Å². The monoisotopic (exact) mass is 428 g/mol. The van der Waals surface area contributed by atoms with Gasteiger partial charge in [0.2, 0.25) is 20.7 Å². The van der Waals surface area contributed by atoms with Crippen molar-refractivity contribution in [2.75, 3.05) is 13.1 Å². The Hall–Kier alpha value is -1.18. The summed E-state index contributed by atoms with van der Waals surface area (Å²) in [5.74, 6) is 0.397. The second-order valence-electron chi connectivity index (χ2n) is 9.00. The fraction of sp³-hybridized carbons (Fsp3) is 0.650. The molecule has 28 heavy (non-hydrogen) atoms. The quantitative estimate of drug-likeness (QED) is 0.698. The number of aromatic nitrogens is 1. The smallest absolute Gasteiger partial charge is 0.218 e. The fourth-order valence-corrected chi connectivity index (χ4v) is 6.20. The summed E-state index contributed by atoms with van der Waals surface area (Å²) in [7, 11) is -4.35. The van der Waals surface area contributed by atoms with Crippen molar-refractivity contribution >= 4 is 32.5 Å². The summed E-state index contributed by atoms with van der Waals surface area (Å²) in [4.78, 5) is 6.34. The molecule has 1 aromatic heterocycles. The molecule has 154 valence electrons. The van der Waals surface area contributed by atoms with E-state index >= 15 is 4.39 Å². The molecule has 1 aliphatic heterocycles. The van der Waals surface area contributed by atoms with Gasteiger partial charge in [-0.25, -0.2) is 17.8 Å². The number of nitrogens with zero attached hydrogens (tertiary/aromatic N) is 2. The average molecular weight is 429 g/mol. The highest BCUT2D eigenvalue weighted by Gasteiger charge is 2.50. The minimum Gasteiger partial charge on any atom is -0.439 e. The number of piperidine rings is 1. The maximum absolute atomic E-state index is 15.8. The summed E-state index contributed by atoms with van der Waals surface area (Å²) < 4.78 is 48.4. The number of rotatable bonds is 3. The van der Waals surface area contributed by atoms with Crippen LogP contribution in [-0.2, 0) is 15.3 Å². The molecule has 8 heteroatoms. The zero-order valence-electron chi connectivity index (χ0n) is 16.5. The molecule has 1 saturated heterocycles. The molecule has 2 heterocycles. The van der Waals surface area contributed by atoms with Crippen molar-refractivity contribution in [2.24, 2.45) is 0 Å². The minimum atomic E-state index is -4.35. The van der Waals surface area contributed by atoms with Gasteiger partial charge in [0.25, 0.3) is 0 Å². The first kappa shape index (κ1) is 20.1. The maximum Gasteiger partial charge on any atom is 0.218 e. The third-order valence-corrected chi connectivity index (χ3v) is 8.73. The molecule has 0 spiro atoms. The number of halogens is 2. The maximum atomic E-state index is 15.8. The van der Waals surface area contributed by atoms with Crippen LogP contribution in [0.3, 0.4) is 0 Å². The molecule has 0 amide bonds. The third-order valence-electron chi connectivity index (χ3n) is 5.99. The average Bonchev–Trinajstić information content (AvgIpc) is 2.99. The van der Waals surface area contributed by atoms with Crippen molar-refractivity contribution in [3.8, 4) is 0 Å². The Kier molecular flexibility index (Phi) is 4.79. The molecule has 1 saturated carbocycles. The number of hydrogen-bond acceptors (Lipinski definition) is 5. The fourth-order valence-electron chi connectivity index (χ4n) is 3.94. The van der Waals surface area contributed by atoms with Crippen molar-refractivity contribution in [1.29, 1.82) is 0 Å². The van der Waals surface area contributed by atoms with Crippen molar-refractivity contribution in [3.63, 3.8) is 0 Å². The Balaban J connectivity index is 1.73. The molecular formula is C20H26ClFN2O3S. The predicted molar refractivity (Wildman–Crippen MR) is 107 cm³/mol. The SMILES string of the molecule is CC(C)(C)c1nc2ccc(Cl)c(S(=O)(=O)C3(F)CCN(C4CCC4)CC3)c2o1. The Morgan fingerprint density at radius 2 is 1.89 bits per heavy atom. The van der Waals surface area contributed by atoms with E-state index in [1.54, 1.807) is 6.07 Å². The van der Waals surface area contributed by atoms with Gasteiger partial charge in [-0.1, -0.05) is 38.8 Å². The van der Waals surface area contributed by atoms with Gasteiger partial charge in [-0.2, -0.15) is 0 Å². The van der Waals surface area contributed by atoms with Crippen LogP contribution in [0.5, 0.6) is 0 Å². The van der Waals surface area contributed by atoms with Crippen LogP contribution >= 0.6 is 11.6 Å². The van der Waals surface area contributed by atoms with Crippen molar-refractivity contribution in [1.82, 2.24) is 9.88 Å². The molecule has 5 nitrogen and oxygen atoms in total. The molecule has 2 aromatic rings. The van der Waals surface area contributed by atoms with Gasteiger partial charge in [0.1, 0.15) is 10.4 Å². The highest BCUT2D eigenvalue weighted by molar-refractivity contribution is 7.93. The lowest BCUT2D eigenvalue weighted by Crippen LogP contribution is -2.51. The zero-order chi connectivity index (χ0) is 20.3. The molecule has 0 bridgehead atoms. The van der Waals surface area contributed by atoms with E-state index in [0.717, 1.165) is 12.8 Å². The van der Waals surface area contributed by atoms with Crippen LogP contribution in [0, 0.1) is 0 Å². The third kappa shape index (κ3) is 3.15. The summed E-state index contributed by atoms with van der Waals surface area (Å²) >= 11 is 6.26. The molecule has 2 fully saturated rings. The van der Waals surface area contributed by atoms with Gasteiger partial charge in [0, 0.05) is 37.4 Å². The Labute approximate surface area is 170 Å². The van der Waals surface area contributed by atoms with Gasteiger partial charge in [0.05, 0.1) is 5.02 Å². The van der Waals surface area contributed by atoms with E-state index in [4.69, 9.17) is 16.0 Å². The van der Waals surface area contributed by atoms with Gasteiger partial charge in [0.15, 0.2) is 5.58 Å². The standard InChI is InChI=1S/C20H26ClFN2O3S/c1-19(2,3)18-23-15-8-7-14(21)17(16(15)27-18)28(25,26)20(22)9-11-24(12-10-20)13-5-4-6-13/h7-8,13H,4-6,9-12H2,1-3H3. The molecular weight excluding hydrogens is 403 g/mol. The van der Waals surface area contributed by atoms with Gasteiger partial charge in [-0.05, 0) is 25.0 Å². The zero-order valence-corrected chi connectivity index (χ0v) is 18.0. The number of hydrogen-bond donors (Lipinski definition) is 0. The number of oxazole rings is 1. The van der Waals surface area contributed by atoms with Crippen molar-refractivity contribution < 1.29 is 17.2 Å². The number of alkyl halides is 1. The summed E-state index contributed by atoms with van der Waals surface area (Å²) in [6.07, 6.45) is 3.31. The van der Waals surface area contributed by atoms with E-state index in [-0.39, 0.29) is 28.3 Å². The second kappa shape index (κ2) is 6.67. The van der Waals surface area contributed by atoms with Crippen LogP contribution in [-0.4, -0.2) is 42.4 Å². The summed E-state index contributed by atoms with van der Waals surface area (Å²) in [5.41, 5.74) is 0.0212. The molecule has 0 atom stereocenters. The number of benzene rings is 1. The lowest BCUT2D eigenvalue weighted by molar-refractivity contribution is 0.0567. The number of sulfone groups is 1. The van der Waals surface area contributed by atoms with E-state index in [2.05, 4.69) is 9.88 Å². The summed E-state index contributed by atoms with van der Waals surface area (Å²) in [6, 6.07) is 3.54. The highest BCUT2D eigenvalue weighted by Crippen LogP contribution is 2.44. The lowest BCUT2D eigenvalue weighted by Gasteiger charge is -2.43. The van der Waals surface area contributed by atoms with Gasteiger partial charge in [-0.3, -0.25) is 0 Å². The molecule has 0 radical (unpaired) electrons. The van der Waals surface area contributed by atoms with E-state index in [1.165, 1.54) is 12.5 Å². The molecule has 1 aliphatic carbocycles. The Morgan fingerprint density at radius 3 is 2.43 bits per heavy atom. The normalized spacial score (nSPS) is 21.8. The van der Waals surface area contributed by atoms with E-state index in [9.17, 15) is 8.42 Å². The van der Waals surface area contributed by atoms with Crippen LogP contribution in [0.15, 0.2) is 21.4 Å². The first-order valence-electron chi connectivity index (χ1n) is 9.80. The molecule has 1 aromatic carbocycles. The largest absolute Gasteiger partial charge is 0.439 e.